The van der Waals surface area contributed by atoms with E-state index in [1.165, 1.54) is 22.6 Å². The Morgan fingerprint density at radius 1 is 1.15 bits per heavy atom. The minimum Gasteiger partial charge on any atom is -0.456 e. The Morgan fingerprint density at radius 3 is 2.53 bits per heavy atom. The smallest absolute Gasteiger partial charge is 0.338 e. The fraction of sp³-hybridized carbons (Fsp3) is 0.292. The lowest BCUT2D eigenvalue weighted by molar-refractivity contribution is -0.115. The van der Waals surface area contributed by atoms with Gasteiger partial charge < -0.3 is 4.74 Å². The fourth-order valence-corrected chi connectivity index (χ4v) is 6.20. The molecule has 0 radical (unpaired) electrons. The van der Waals surface area contributed by atoms with Crippen molar-refractivity contribution in [3.8, 4) is 0 Å². The van der Waals surface area contributed by atoms with Crippen LogP contribution < -0.4 is 9.21 Å². The zero-order valence-corrected chi connectivity index (χ0v) is 20.8. The molecule has 178 valence electrons. The van der Waals surface area contributed by atoms with Crippen LogP contribution in [0.2, 0.25) is 0 Å². The second kappa shape index (κ2) is 9.55. The number of aromatic nitrogens is 1. The van der Waals surface area contributed by atoms with Crippen molar-refractivity contribution in [1.82, 2.24) is 4.98 Å². The molecule has 0 saturated carbocycles. The molecule has 10 heteroatoms. The summed E-state index contributed by atoms with van der Waals surface area (Å²) >= 11 is 1.30. The number of amides is 1. The summed E-state index contributed by atoms with van der Waals surface area (Å²) in [6, 6.07) is 12.1. The van der Waals surface area contributed by atoms with Gasteiger partial charge >= 0.3 is 5.97 Å². The van der Waals surface area contributed by atoms with Crippen LogP contribution in [0.1, 0.15) is 40.5 Å². The molecule has 0 aliphatic carbocycles. The Hall–Kier alpha value is -3.24. The zero-order valence-electron chi connectivity index (χ0n) is 19.1. The molecule has 0 atom stereocenters. The monoisotopic (exact) mass is 499 g/mol. The molecular weight excluding hydrogens is 474 g/mol. The first kappa shape index (κ1) is 23.9. The van der Waals surface area contributed by atoms with Crippen molar-refractivity contribution in [3.05, 3.63) is 70.2 Å². The standard InChI is InChI=1S/C24H25N3O5S2/c1-16-6-4-7-22(17(16)2)27(18(3)28)24-25-20(15-33-24)14-32-23(29)19-8-10-21(11-9-19)26-12-5-13-34(26,30)31/h4,6-11,15H,5,12-14H2,1-3H3. The lowest BCUT2D eigenvalue weighted by Crippen LogP contribution is -2.25. The second-order valence-corrected chi connectivity index (χ2v) is 10.9. The number of ether oxygens (including phenoxy) is 1. The molecule has 34 heavy (non-hydrogen) atoms. The molecule has 3 aromatic rings. The zero-order chi connectivity index (χ0) is 24.5. The number of esters is 1. The molecule has 8 nitrogen and oxygen atoms in total. The molecule has 1 amide bonds. The number of thiazole rings is 1. The Bertz CT molecular complexity index is 1330. The number of benzene rings is 2. The number of hydrogen-bond donors (Lipinski definition) is 0. The number of sulfonamides is 1. The van der Waals surface area contributed by atoms with Crippen LogP contribution in [0.25, 0.3) is 0 Å². The molecule has 1 aliphatic rings. The summed E-state index contributed by atoms with van der Waals surface area (Å²) in [7, 11) is -3.27. The number of anilines is 3. The maximum absolute atomic E-state index is 12.5. The first-order valence-electron chi connectivity index (χ1n) is 10.8. The van der Waals surface area contributed by atoms with E-state index in [2.05, 4.69) is 4.98 Å². The van der Waals surface area contributed by atoms with Crippen LogP contribution in [0, 0.1) is 13.8 Å². The van der Waals surface area contributed by atoms with Gasteiger partial charge in [-0.05, 0) is 61.7 Å². The summed E-state index contributed by atoms with van der Waals surface area (Å²) < 4.78 is 30.9. The van der Waals surface area contributed by atoms with Crippen molar-refractivity contribution in [2.45, 2.75) is 33.8 Å². The maximum atomic E-state index is 12.5. The highest BCUT2D eigenvalue weighted by Gasteiger charge is 2.28. The third kappa shape index (κ3) is 4.83. The molecular formula is C24H25N3O5S2. The number of carbonyl (C=O) groups is 2. The summed E-state index contributed by atoms with van der Waals surface area (Å²) in [4.78, 5) is 30.9. The molecule has 4 rings (SSSR count). The van der Waals surface area contributed by atoms with Gasteiger partial charge in [-0.1, -0.05) is 12.1 Å². The van der Waals surface area contributed by atoms with Crippen molar-refractivity contribution < 1.29 is 22.7 Å². The molecule has 1 saturated heterocycles. The Balaban J connectivity index is 1.44. The summed E-state index contributed by atoms with van der Waals surface area (Å²) in [6.07, 6.45) is 0.590. The van der Waals surface area contributed by atoms with Gasteiger partial charge in [-0.3, -0.25) is 14.0 Å². The molecule has 1 aromatic heterocycles. The molecule has 0 spiro atoms. The average molecular weight is 500 g/mol. The number of carbonyl (C=O) groups excluding carboxylic acids is 2. The summed E-state index contributed by atoms with van der Waals surface area (Å²) in [5, 5.41) is 2.26. The Morgan fingerprint density at radius 2 is 1.88 bits per heavy atom. The highest BCUT2D eigenvalue weighted by atomic mass is 32.2. The van der Waals surface area contributed by atoms with Crippen molar-refractivity contribution in [3.63, 3.8) is 0 Å². The van der Waals surface area contributed by atoms with E-state index >= 15 is 0 Å². The fourth-order valence-electron chi connectivity index (χ4n) is 3.77. The lowest BCUT2D eigenvalue weighted by atomic mass is 10.1. The molecule has 0 N–H and O–H groups in total. The van der Waals surface area contributed by atoms with Gasteiger partial charge in [0.15, 0.2) is 5.13 Å². The molecule has 0 unspecified atom stereocenters. The number of rotatable bonds is 6. The average Bonchev–Trinajstić information content (AvgIpc) is 3.41. The van der Waals surface area contributed by atoms with Gasteiger partial charge in [-0.15, -0.1) is 11.3 Å². The van der Waals surface area contributed by atoms with Crippen LogP contribution in [0.15, 0.2) is 47.8 Å². The first-order valence-corrected chi connectivity index (χ1v) is 13.2. The Labute approximate surface area is 202 Å². The topological polar surface area (TPSA) is 96.9 Å². The number of hydrogen-bond acceptors (Lipinski definition) is 7. The van der Waals surface area contributed by atoms with Gasteiger partial charge in [0.1, 0.15) is 6.61 Å². The third-order valence-electron chi connectivity index (χ3n) is 5.70. The van der Waals surface area contributed by atoms with Gasteiger partial charge in [0.25, 0.3) is 0 Å². The number of nitrogens with zero attached hydrogens (tertiary/aromatic N) is 3. The Kier molecular flexibility index (Phi) is 6.72. The number of aryl methyl sites for hydroxylation is 1. The van der Waals surface area contributed by atoms with Gasteiger partial charge in [0.2, 0.25) is 15.9 Å². The highest BCUT2D eigenvalue weighted by molar-refractivity contribution is 7.93. The van der Waals surface area contributed by atoms with E-state index in [1.807, 2.05) is 32.0 Å². The molecule has 0 bridgehead atoms. The highest BCUT2D eigenvalue weighted by Crippen LogP contribution is 2.32. The molecule has 1 fully saturated rings. The maximum Gasteiger partial charge on any atom is 0.338 e. The molecule has 2 aromatic carbocycles. The second-order valence-electron chi connectivity index (χ2n) is 8.06. The summed E-state index contributed by atoms with van der Waals surface area (Å²) in [5.41, 5.74) is 4.22. The van der Waals surface area contributed by atoms with Crippen LogP contribution in [0.5, 0.6) is 0 Å². The van der Waals surface area contributed by atoms with Crippen molar-refractivity contribution in [2.24, 2.45) is 0 Å². The quantitative estimate of drug-likeness (QED) is 0.468. The lowest BCUT2D eigenvalue weighted by Gasteiger charge is -2.21. The van der Waals surface area contributed by atoms with Crippen LogP contribution in [0.4, 0.5) is 16.5 Å². The van der Waals surface area contributed by atoms with Gasteiger partial charge in [-0.2, -0.15) is 0 Å². The predicted octanol–water partition coefficient (Wildman–Crippen LogP) is 4.34. The van der Waals surface area contributed by atoms with E-state index in [9.17, 15) is 18.0 Å². The molecule has 1 aliphatic heterocycles. The van der Waals surface area contributed by atoms with Crippen molar-refractivity contribution in [1.29, 1.82) is 0 Å². The van der Waals surface area contributed by atoms with Gasteiger partial charge in [0, 0.05) is 18.8 Å². The van der Waals surface area contributed by atoms with E-state index in [-0.39, 0.29) is 18.3 Å². The van der Waals surface area contributed by atoms with E-state index < -0.39 is 16.0 Å². The SMILES string of the molecule is CC(=O)N(c1nc(COC(=O)c2ccc(N3CCCS3(=O)=O)cc2)cs1)c1cccc(C)c1C. The van der Waals surface area contributed by atoms with E-state index in [0.717, 1.165) is 16.8 Å². The van der Waals surface area contributed by atoms with Crippen LogP contribution in [-0.4, -0.2) is 37.6 Å². The summed E-state index contributed by atoms with van der Waals surface area (Å²) in [6.45, 7) is 5.83. The molecule has 2 heterocycles. The third-order valence-corrected chi connectivity index (χ3v) is 8.45. The van der Waals surface area contributed by atoms with Crippen LogP contribution in [-0.2, 0) is 26.2 Å². The first-order chi connectivity index (χ1) is 16.2. The van der Waals surface area contributed by atoms with Gasteiger partial charge in [-0.25, -0.2) is 18.2 Å². The minimum atomic E-state index is -3.27. The summed E-state index contributed by atoms with van der Waals surface area (Å²) in [5.74, 6) is -0.563. The van der Waals surface area contributed by atoms with E-state index in [4.69, 9.17) is 4.74 Å². The van der Waals surface area contributed by atoms with Crippen molar-refractivity contribution in [2.75, 3.05) is 21.5 Å². The van der Waals surface area contributed by atoms with Gasteiger partial charge in [0.05, 0.1) is 28.4 Å². The predicted molar refractivity (Wildman–Crippen MR) is 132 cm³/mol. The van der Waals surface area contributed by atoms with Crippen LogP contribution in [0.3, 0.4) is 0 Å². The van der Waals surface area contributed by atoms with E-state index in [0.29, 0.717) is 35.0 Å². The van der Waals surface area contributed by atoms with Crippen LogP contribution >= 0.6 is 11.3 Å². The van der Waals surface area contributed by atoms with Crippen molar-refractivity contribution >= 4 is 49.7 Å². The minimum absolute atomic E-state index is 0.0455. The van der Waals surface area contributed by atoms with E-state index in [1.54, 1.807) is 34.5 Å². The largest absolute Gasteiger partial charge is 0.456 e. The normalized spacial score (nSPS) is 14.7.